The van der Waals surface area contributed by atoms with Gasteiger partial charge in [-0.2, -0.15) is 0 Å². The number of sulfonamides is 1. The predicted molar refractivity (Wildman–Crippen MR) is 115 cm³/mol. The minimum absolute atomic E-state index is 0.0599. The Hall–Kier alpha value is -2.37. The normalized spacial score (nSPS) is 15.9. The summed E-state index contributed by atoms with van der Waals surface area (Å²) in [7, 11) is -2.59. The van der Waals surface area contributed by atoms with Gasteiger partial charge in [0.25, 0.3) is 11.1 Å². The van der Waals surface area contributed by atoms with Gasteiger partial charge in [-0.15, -0.1) is 0 Å². The molecule has 3 aromatic rings. The maximum atomic E-state index is 12.1. The van der Waals surface area contributed by atoms with Crippen LogP contribution in [-0.4, -0.2) is 31.6 Å². The van der Waals surface area contributed by atoms with Crippen molar-refractivity contribution in [2.24, 2.45) is 0 Å². The first-order chi connectivity index (χ1) is 14.2. The number of carbonyl (C=O) groups excluding carboxylic acids is 2. The van der Waals surface area contributed by atoms with Crippen molar-refractivity contribution in [3.05, 3.63) is 51.3 Å². The van der Waals surface area contributed by atoms with Crippen molar-refractivity contribution in [2.75, 3.05) is 7.05 Å². The molecule has 0 saturated carbocycles. The van der Waals surface area contributed by atoms with Crippen LogP contribution in [0.25, 0.3) is 28.2 Å². The third-order valence-corrected chi connectivity index (χ3v) is 7.35. The maximum absolute atomic E-state index is 12.1. The fraction of sp³-hybridized carbons (Fsp3) is 0.0556. The highest BCUT2D eigenvalue weighted by molar-refractivity contribution is 8.18. The number of fused-ring (bicyclic) bond motifs is 1. The van der Waals surface area contributed by atoms with Crippen LogP contribution in [0, 0.1) is 0 Å². The van der Waals surface area contributed by atoms with Crippen LogP contribution in [0.3, 0.4) is 0 Å². The molecule has 4 rings (SSSR count). The van der Waals surface area contributed by atoms with Crippen LogP contribution in [0.1, 0.15) is 5.76 Å². The molecule has 1 saturated heterocycles. The van der Waals surface area contributed by atoms with Gasteiger partial charge in [-0.05, 0) is 42.6 Å². The van der Waals surface area contributed by atoms with Crippen LogP contribution in [0.2, 0.25) is 10.0 Å². The van der Waals surface area contributed by atoms with Gasteiger partial charge in [0.15, 0.2) is 0 Å². The molecule has 2 aromatic heterocycles. The number of benzene rings is 1. The van der Waals surface area contributed by atoms with E-state index in [1.807, 2.05) is 0 Å². The molecule has 1 fully saturated rings. The summed E-state index contributed by atoms with van der Waals surface area (Å²) in [6.07, 6.45) is 4.55. The number of imide groups is 1. The second kappa shape index (κ2) is 7.71. The average Bonchev–Trinajstić information content (AvgIpc) is 3.22. The summed E-state index contributed by atoms with van der Waals surface area (Å²) in [4.78, 5) is 27.2. The summed E-state index contributed by atoms with van der Waals surface area (Å²) in [5.41, 5.74) is 1.45. The molecule has 0 bridgehead atoms. The van der Waals surface area contributed by atoms with Gasteiger partial charge in [0.05, 0.1) is 15.0 Å². The molecule has 1 aromatic carbocycles. The number of halogens is 2. The Morgan fingerprint density at radius 2 is 1.87 bits per heavy atom. The average molecular weight is 484 g/mol. The topological polar surface area (TPSA) is 118 Å². The third-order valence-electron chi connectivity index (χ3n) is 4.20. The van der Waals surface area contributed by atoms with Gasteiger partial charge in [0.1, 0.15) is 16.2 Å². The molecule has 0 unspecified atom stereocenters. The van der Waals surface area contributed by atoms with Crippen molar-refractivity contribution in [3.8, 4) is 11.1 Å². The number of rotatable bonds is 4. The number of hydrogen-bond acceptors (Lipinski definition) is 7. The van der Waals surface area contributed by atoms with Gasteiger partial charge < -0.3 is 4.42 Å². The summed E-state index contributed by atoms with van der Waals surface area (Å²) in [6.45, 7) is 0. The van der Waals surface area contributed by atoms with E-state index in [2.05, 4.69) is 15.0 Å². The SMILES string of the molecule is CNS(=O)(=O)c1c(Cl)cc(-c2cncc3cc(C=C4SC(=O)NC4=O)oc23)cc1Cl. The minimum Gasteiger partial charge on any atom is -0.456 e. The number of nitrogens with zero attached hydrogens (tertiary/aromatic N) is 1. The first-order valence-electron chi connectivity index (χ1n) is 8.25. The smallest absolute Gasteiger partial charge is 0.290 e. The van der Waals surface area contributed by atoms with Crippen molar-refractivity contribution in [2.45, 2.75) is 4.90 Å². The van der Waals surface area contributed by atoms with E-state index in [4.69, 9.17) is 27.6 Å². The fourth-order valence-corrected chi connectivity index (χ4v) is 5.48. The zero-order valence-electron chi connectivity index (χ0n) is 15.0. The van der Waals surface area contributed by atoms with E-state index in [1.165, 1.54) is 31.5 Å². The number of thioether (sulfide) groups is 1. The van der Waals surface area contributed by atoms with E-state index in [0.717, 1.165) is 11.8 Å². The maximum Gasteiger partial charge on any atom is 0.290 e. The van der Waals surface area contributed by atoms with Crippen LogP contribution < -0.4 is 10.0 Å². The first-order valence-corrected chi connectivity index (χ1v) is 11.3. The second-order valence-corrected chi connectivity index (χ2v) is 9.74. The standard InChI is InChI=1S/C18H11Cl2N3O5S2/c1-21-30(26,27)16-12(19)3-8(4-13(16)20)11-7-22-6-9-2-10(28-15(9)11)5-14-17(24)23-18(25)29-14/h2-7,21H,1H3,(H,23,24,25). The molecular formula is C18H11Cl2N3O5S2. The zero-order valence-corrected chi connectivity index (χ0v) is 18.2. The van der Waals surface area contributed by atoms with Crippen LogP contribution >= 0.6 is 35.0 Å². The number of hydrogen-bond donors (Lipinski definition) is 2. The van der Waals surface area contributed by atoms with E-state index in [9.17, 15) is 18.0 Å². The highest BCUT2D eigenvalue weighted by Gasteiger charge is 2.26. The van der Waals surface area contributed by atoms with Gasteiger partial charge in [-0.3, -0.25) is 19.9 Å². The molecule has 2 amide bonds. The zero-order chi connectivity index (χ0) is 21.6. The van der Waals surface area contributed by atoms with Crippen LogP contribution in [0.4, 0.5) is 4.79 Å². The molecule has 30 heavy (non-hydrogen) atoms. The summed E-state index contributed by atoms with van der Waals surface area (Å²) >= 11 is 13.2. The molecule has 154 valence electrons. The monoisotopic (exact) mass is 483 g/mol. The Balaban J connectivity index is 1.83. The van der Waals surface area contributed by atoms with Crippen LogP contribution in [0.15, 0.2) is 44.8 Å². The molecule has 0 spiro atoms. The molecule has 0 aliphatic carbocycles. The van der Waals surface area contributed by atoms with E-state index >= 15 is 0 Å². The van der Waals surface area contributed by atoms with E-state index in [-0.39, 0.29) is 19.8 Å². The van der Waals surface area contributed by atoms with Crippen molar-refractivity contribution in [1.82, 2.24) is 15.0 Å². The summed E-state index contributed by atoms with van der Waals surface area (Å²) < 4.78 is 32.3. The first kappa shape index (κ1) is 20.9. The third kappa shape index (κ3) is 3.72. The lowest BCUT2D eigenvalue weighted by atomic mass is 10.1. The van der Waals surface area contributed by atoms with Gasteiger partial charge in [0.2, 0.25) is 10.0 Å². The highest BCUT2D eigenvalue weighted by atomic mass is 35.5. The molecular weight excluding hydrogens is 473 g/mol. The van der Waals surface area contributed by atoms with Crippen molar-refractivity contribution >= 4 is 73.2 Å². The molecule has 0 radical (unpaired) electrons. The Morgan fingerprint density at radius 1 is 1.17 bits per heavy atom. The second-order valence-electron chi connectivity index (χ2n) is 6.08. The molecule has 12 heteroatoms. The van der Waals surface area contributed by atoms with E-state index in [1.54, 1.807) is 12.3 Å². The summed E-state index contributed by atoms with van der Waals surface area (Å²) in [5.74, 6) is -0.151. The summed E-state index contributed by atoms with van der Waals surface area (Å²) in [5, 5.41) is 2.23. The van der Waals surface area contributed by atoms with Gasteiger partial charge >= 0.3 is 0 Å². The Morgan fingerprint density at radius 3 is 2.47 bits per heavy atom. The molecule has 2 N–H and O–H groups in total. The molecule has 1 aliphatic rings. The number of pyridine rings is 1. The molecule has 8 nitrogen and oxygen atoms in total. The van der Waals surface area contributed by atoms with E-state index in [0.29, 0.717) is 27.9 Å². The largest absolute Gasteiger partial charge is 0.456 e. The van der Waals surface area contributed by atoms with Crippen molar-refractivity contribution in [1.29, 1.82) is 0 Å². The van der Waals surface area contributed by atoms with Crippen molar-refractivity contribution in [3.63, 3.8) is 0 Å². The quantitative estimate of drug-likeness (QED) is 0.537. The highest BCUT2D eigenvalue weighted by Crippen LogP contribution is 2.38. The Kier molecular flexibility index (Phi) is 5.37. The lowest BCUT2D eigenvalue weighted by Gasteiger charge is -2.10. The number of carbonyl (C=O) groups is 2. The number of amides is 2. The summed E-state index contributed by atoms with van der Waals surface area (Å²) in [6, 6.07) is 4.57. The molecule has 0 atom stereocenters. The van der Waals surface area contributed by atoms with Gasteiger partial charge in [-0.1, -0.05) is 23.2 Å². The number of furan rings is 1. The van der Waals surface area contributed by atoms with E-state index < -0.39 is 21.2 Å². The predicted octanol–water partition coefficient (Wildman–Crippen LogP) is 4.03. The molecule has 1 aliphatic heterocycles. The Bertz CT molecular complexity index is 1340. The lowest BCUT2D eigenvalue weighted by Crippen LogP contribution is -2.19. The minimum atomic E-state index is -3.85. The lowest BCUT2D eigenvalue weighted by molar-refractivity contribution is -0.115. The molecule has 3 heterocycles. The Labute approximate surface area is 184 Å². The fourth-order valence-electron chi connectivity index (χ4n) is 2.88. The van der Waals surface area contributed by atoms with Crippen LogP contribution in [0.5, 0.6) is 0 Å². The number of nitrogens with one attached hydrogen (secondary N) is 2. The van der Waals surface area contributed by atoms with Crippen molar-refractivity contribution < 1.29 is 22.4 Å². The van der Waals surface area contributed by atoms with Crippen LogP contribution in [-0.2, 0) is 14.8 Å². The van der Waals surface area contributed by atoms with Gasteiger partial charge in [-0.25, -0.2) is 13.1 Å². The van der Waals surface area contributed by atoms with Gasteiger partial charge in [0, 0.05) is 29.4 Å². The number of aromatic nitrogens is 1.